The van der Waals surface area contributed by atoms with E-state index >= 15 is 0 Å². The Morgan fingerprint density at radius 3 is 2.56 bits per heavy atom. The summed E-state index contributed by atoms with van der Waals surface area (Å²) in [6.45, 7) is 6.25. The predicted molar refractivity (Wildman–Crippen MR) is 65.1 cm³/mol. The van der Waals surface area contributed by atoms with Gasteiger partial charge in [0.2, 0.25) is 0 Å². The minimum atomic E-state index is -0.542. The Morgan fingerprint density at radius 2 is 2.06 bits per heavy atom. The van der Waals surface area contributed by atoms with E-state index < -0.39 is 5.91 Å². The number of primary amides is 1. The molecule has 0 saturated heterocycles. The molecule has 0 fully saturated rings. The van der Waals surface area contributed by atoms with E-state index in [-0.39, 0.29) is 6.04 Å². The van der Waals surface area contributed by atoms with Gasteiger partial charge in [0.05, 0.1) is 17.4 Å². The number of nitrogens with two attached hydrogens (primary N) is 2. The van der Waals surface area contributed by atoms with Crippen molar-refractivity contribution >= 4 is 17.4 Å². The molecule has 88 valence electrons. The average Bonchev–Trinajstić information content (AvgIpc) is 2.20. The number of nitrogens with zero attached hydrogens (tertiary/aromatic N) is 1. The molecular weight excluding hydrogens is 204 g/mol. The molecular formula is C11H18N4O. The van der Waals surface area contributed by atoms with Crippen LogP contribution in [0.15, 0.2) is 12.3 Å². The van der Waals surface area contributed by atoms with Crippen molar-refractivity contribution in [1.82, 2.24) is 4.98 Å². The van der Waals surface area contributed by atoms with Gasteiger partial charge in [-0.15, -0.1) is 0 Å². The molecule has 0 saturated carbocycles. The molecule has 0 radical (unpaired) electrons. The fourth-order valence-corrected chi connectivity index (χ4v) is 1.16. The number of rotatable bonds is 4. The summed E-state index contributed by atoms with van der Waals surface area (Å²) in [7, 11) is 0. The molecule has 0 aromatic carbocycles. The second-order valence-electron chi connectivity index (χ2n) is 4.20. The van der Waals surface area contributed by atoms with Gasteiger partial charge in [-0.2, -0.15) is 0 Å². The van der Waals surface area contributed by atoms with Crippen molar-refractivity contribution in [2.75, 3.05) is 11.1 Å². The van der Waals surface area contributed by atoms with E-state index in [0.717, 1.165) is 0 Å². The van der Waals surface area contributed by atoms with Gasteiger partial charge >= 0.3 is 0 Å². The standard InChI is InChI=1S/C11H18N4O/c1-6(2)7(3)15-10-4-8(11(13)16)9(12)5-14-10/h4-7H,12H2,1-3H3,(H2,13,16)(H,14,15). The van der Waals surface area contributed by atoms with Gasteiger partial charge in [-0.05, 0) is 18.9 Å². The van der Waals surface area contributed by atoms with E-state index in [2.05, 4.69) is 24.1 Å². The Labute approximate surface area is 95.2 Å². The van der Waals surface area contributed by atoms with E-state index in [0.29, 0.717) is 23.0 Å². The van der Waals surface area contributed by atoms with E-state index in [1.165, 1.54) is 6.20 Å². The molecule has 5 N–H and O–H groups in total. The second-order valence-corrected chi connectivity index (χ2v) is 4.20. The third-order valence-corrected chi connectivity index (χ3v) is 2.58. The Hall–Kier alpha value is -1.78. The van der Waals surface area contributed by atoms with Crippen LogP contribution in [-0.4, -0.2) is 16.9 Å². The molecule has 1 rings (SSSR count). The number of amides is 1. The van der Waals surface area contributed by atoms with Crippen molar-refractivity contribution in [1.29, 1.82) is 0 Å². The first kappa shape index (κ1) is 12.3. The molecule has 16 heavy (non-hydrogen) atoms. The van der Waals surface area contributed by atoms with Crippen LogP contribution in [0, 0.1) is 5.92 Å². The molecule has 1 heterocycles. The number of aromatic nitrogens is 1. The highest BCUT2D eigenvalue weighted by molar-refractivity contribution is 5.98. The summed E-state index contributed by atoms with van der Waals surface area (Å²) in [5, 5.41) is 3.19. The maximum atomic E-state index is 11.1. The molecule has 1 atom stereocenters. The van der Waals surface area contributed by atoms with Crippen LogP contribution in [0.1, 0.15) is 31.1 Å². The van der Waals surface area contributed by atoms with Gasteiger partial charge in [0, 0.05) is 6.04 Å². The maximum Gasteiger partial charge on any atom is 0.250 e. The maximum absolute atomic E-state index is 11.1. The molecule has 0 aliphatic rings. The fraction of sp³-hybridized carbons (Fsp3) is 0.455. The van der Waals surface area contributed by atoms with Crippen LogP contribution in [0.4, 0.5) is 11.5 Å². The number of hydrogen-bond acceptors (Lipinski definition) is 4. The molecule has 5 heteroatoms. The van der Waals surface area contributed by atoms with Crippen LogP contribution in [-0.2, 0) is 0 Å². The van der Waals surface area contributed by atoms with Crippen LogP contribution < -0.4 is 16.8 Å². The minimum Gasteiger partial charge on any atom is -0.397 e. The van der Waals surface area contributed by atoms with Gasteiger partial charge in [-0.25, -0.2) is 4.98 Å². The lowest BCUT2D eigenvalue weighted by Crippen LogP contribution is -2.23. The highest BCUT2D eigenvalue weighted by atomic mass is 16.1. The van der Waals surface area contributed by atoms with Gasteiger partial charge in [0.1, 0.15) is 5.82 Å². The van der Waals surface area contributed by atoms with Gasteiger partial charge in [-0.3, -0.25) is 4.79 Å². The van der Waals surface area contributed by atoms with E-state index in [4.69, 9.17) is 11.5 Å². The third kappa shape index (κ3) is 2.85. The second kappa shape index (κ2) is 4.83. The first-order chi connectivity index (χ1) is 7.41. The summed E-state index contributed by atoms with van der Waals surface area (Å²) in [5.74, 6) is 0.542. The number of pyridine rings is 1. The lowest BCUT2D eigenvalue weighted by molar-refractivity contribution is 0.100. The molecule has 1 aromatic heterocycles. The van der Waals surface area contributed by atoms with Gasteiger partial charge in [0.25, 0.3) is 5.91 Å². The topological polar surface area (TPSA) is 94.0 Å². The fourth-order valence-electron chi connectivity index (χ4n) is 1.16. The predicted octanol–water partition coefficient (Wildman–Crippen LogP) is 1.22. The number of nitrogens with one attached hydrogen (secondary N) is 1. The summed E-state index contributed by atoms with van der Waals surface area (Å²) in [6.07, 6.45) is 1.44. The lowest BCUT2D eigenvalue weighted by Gasteiger charge is -2.18. The van der Waals surface area contributed by atoms with E-state index in [1.807, 2.05) is 6.92 Å². The highest BCUT2D eigenvalue weighted by Crippen LogP contribution is 2.16. The number of anilines is 2. The quantitative estimate of drug-likeness (QED) is 0.714. The number of nitrogen functional groups attached to an aromatic ring is 1. The molecule has 0 aliphatic carbocycles. The summed E-state index contributed by atoms with van der Waals surface area (Å²) >= 11 is 0. The lowest BCUT2D eigenvalue weighted by atomic mass is 10.1. The van der Waals surface area contributed by atoms with Crippen molar-refractivity contribution in [2.24, 2.45) is 11.7 Å². The number of carbonyl (C=O) groups is 1. The van der Waals surface area contributed by atoms with Crippen LogP contribution in [0.5, 0.6) is 0 Å². The van der Waals surface area contributed by atoms with Gasteiger partial charge < -0.3 is 16.8 Å². The molecule has 1 aromatic rings. The van der Waals surface area contributed by atoms with Crippen LogP contribution in [0.25, 0.3) is 0 Å². The molecule has 0 bridgehead atoms. The SMILES string of the molecule is CC(C)C(C)Nc1cc(C(N)=O)c(N)cn1. The summed E-state index contributed by atoms with van der Waals surface area (Å²) in [4.78, 5) is 15.2. The summed E-state index contributed by atoms with van der Waals surface area (Å²) < 4.78 is 0. The first-order valence-electron chi connectivity index (χ1n) is 5.23. The summed E-state index contributed by atoms with van der Waals surface area (Å²) in [6, 6.07) is 1.84. The van der Waals surface area contributed by atoms with Gasteiger partial charge in [0.15, 0.2) is 0 Å². The smallest absolute Gasteiger partial charge is 0.250 e. The summed E-state index contributed by atoms with van der Waals surface area (Å²) in [5.41, 5.74) is 11.4. The van der Waals surface area contributed by atoms with Crippen molar-refractivity contribution < 1.29 is 4.79 Å². The minimum absolute atomic E-state index is 0.261. The Morgan fingerprint density at radius 1 is 1.44 bits per heavy atom. The van der Waals surface area contributed by atoms with E-state index in [9.17, 15) is 4.79 Å². The first-order valence-corrected chi connectivity index (χ1v) is 5.23. The molecule has 5 nitrogen and oxygen atoms in total. The van der Waals surface area contributed by atoms with Crippen LogP contribution in [0.3, 0.4) is 0 Å². The van der Waals surface area contributed by atoms with Crippen molar-refractivity contribution in [3.63, 3.8) is 0 Å². The van der Waals surface area contributed by atoms with Crippen molar-refractivity contribution in [3.05, 3.63) is 17.8 Å². The largest absolute Gasteiger partial charge is 0.397 e. The van der Waals surface area contributed by atoms with Crippen LogP contribution >= 0.6 is 0 Å². The zero-order valence-electron chi connectivity index (χ0n) is 9.82. The molecule has 0 aliphatic heterocycles. The van der Waals surface area contributed by atoms with Crippen LogP contribution in [0.2, 0.25) is 0 Å². The Bertz CT molecular complexity index is 390. The molecule has 1 amide bonds. The number of hydrogen-bond donors (Lipinski definition) is 3. The van der Waals surface area contributed by atoms with Crippen molar-refractivity contribution in [3.8, 4) is 0 Å². The van der Waals surface area contributed by atoms with Gasteiger partial charge in [-0.1, -0.05) is 13.8 Å². The Kier molecular flexibility index (Phi) is 3.71. The molecule has 0 spiro atoms. The Balaban J connectivity index is 2.91. The zero-order chi connectivity index (χ0) is 12.3. The number of carbonyl (C=O) groups excluding carboxylic acids is 1. The third-order valence-electron chi connectivity index (χ3n) is 2.58. The van der Waals surface area contributed by atoms with E-state index in [1.54, 1.807) is 6.07 Å². The monoisotopic (exact) mass is 222 g/mol. The normalized spacial score (nSPS) is 12.5. The highest BCUT2D eigenvalue weighted by Gasteiger charge is 2.11. The average molecular weight is 222 g/mol. The zero-order valence-corrected chi connectivity index (χ0v) is 9.82. The molecule has 1 unspecified atom stereocenters. The van der Waals surface area contributed by atoms with Crippen molar-refractivity contribution in [2.45, 2.75) is 26.8 Å².